The number of hydrogen-bond acceptors (Lipinski definition) is 12. The Hall–Kier alpha value is -3.43. The highest BCUT2D eigenvalue weighted by atomic mass is 32.2. The van der Waals surface area contributed by atoms with Crippen molar-refractivity contribution in [2.24, 2.45) is 5.16 Å². The summed E-state index contributed by atoms with van der Waals surface area (Å²) in [4.78, 5) is 52.9. The first-order valence-corrected chi connectivity index (χ1v) is 14.4. The van der Waals surface area contributed by atoms with Crippen LogP contribution in [0.3, 0.4) is 0 Å². The number of nitrogens with two attached hydrogens (primary N) is 1. The molecule has 4 heterocycles. The van der Waals surface area contributed by atoms with Gasteiger partial charge in [-0.25, -0.2) is 9.78 Å². The predicted octanol–water partition coefficient (Wildman–Crippen LogP) is 2.25. The van der Waals surface area contributed by atoms with Gasteiger partial charge in [-0.2, -0.15) is 4.37 Å². The lowest BCUT2D eigenvalue weighted by atomic mass is 10.1. The second-order valence-electron chi connectivity index (χ2n) is 8.59. The number of carbonyl (C=O) groups is 3. The molecule has 3 unspecified atom stereocenters. The fourth-order valence-electron chi connectivity index (χ4n) is 4.44. The number of amides is 2. The maximum absolute atomic E-state index is 12.8. The van der Waals surface area contributed by atoms with Gasteiger partial charge in [0.1, 0.15) is 29.4 Å². The fraction of sp³-hybridized carbons (Fsp3) is 0.348. The molecule has 0 radical (unpaired) electrons. The van der Waals surface area contributed by atoms with Crippen molar-refractivity contribution in [1.82, 2.24) is 24.6 Å². The molecule has 2 aromatic rings. The zero-order valence-electron chi connectivity index (χ0n) is 19.8. The van der Waals surface area contributed by atoms with E-state index in [1.807, 2.05) is 12.1 Å². The van der Waals surface area contributed by atoms with Crippen LogP contribution in [0.15, 0.2) is 45.7 Å². The molecule has 4 N–H and O–H groups in total. The van der Waals surface area contributed by atoms with Gasteiger partial charge in [0.2, 0.25) is 0 Å². The number of nitrogen functional groups attached to an aromatic ring is 1. The summed E-state index contributed by atoms with van der Waals surface area (Å²) < 4.78 is 4.25. The van der Waals surface area contributed by atoms with Crippen molar-refractivity contribution >= 4 is 70.3 Å². The monoisotopic (exact) mass is 573 g/mol. The molecule has 1 aliphatic carbocycles. The van der Waals surface area contributed by atoms with Crippen LogP contribution in [0.5, 0.6) is 0 Å². The molecule has 1 saturated heterocycles. The van der Waals surface area contributed by atoms with Gasteiger partial charge in [0.05, 0.1) is 5.92 Å². The van der Waals surface area contributed by atoms with E-state index in [9.17, 15) is 19.5 Å². The molecule has 2 aromatic heterocycles. The van der Waals surface area contributed by atoms with Crippen LogP contribution in [0.2, 0.25) is 0 Å². The normalized spacial score (nSPS) is 25.1. The van der Waals surface area contributed by atoms with Crippen molar-refractivity contribution in [3.05, 3.63) is 51.9 Å². The molecule has 2 aliphatic heterocycles. The van der Waals surface area contributed by atoms with Crippen LogP contribution < -0.4 is 11.1 Å². The van der Waals surface area contributed by atoms with E-state index in [1.165, 1.54) is 28.4 Å². The third-order valence-electron chi connectivity index (χ3n) is 6.20. The largest absolute Gasteiger partial charge is 0.477 e. The van der Waals surface area contributed by atoms with Gasteiger partial charge in [0, 0.05) is 34.6 Å². The number of nitrogens with zero attached hydrogens (tertiary/aromatic N) is 5. The molecule has 3 aliphatic rings. The van der Waals surface area contributed by atoms with Gasteiger partial charge in [-0.3, -0.25) is 19.5 Å². The number of thioether (sulfide) groups is 2. The van der Waals surface area contributed by atoms with Crippen molar-refractivity contribution in [3.8, 4) is 0 Å². The van der Waals surface area contributed by atoms with E-state index in [1.54, 1.807) is 23.9 Å². The van der Waals surface area contributed by atoms with Crippen molar-refractivity contribution < 1.29 is 24.3 Å². The predicted molar refractivity (Wildman–Crippen MR) is 145 cm³/mol. The molecule has 15 heteroatoms. The number of hydrogen-bond donors (Lipinski definition) is 3. The molecular formula is C23H23N7O5S3. The standard InChI is InChI=1S/C23H23N7O5S3/c24-23-28-19(29-38-23)13-4-1-5-14(13)35-26-10-16(31)27-17-20(32)30-18(22(33)34)15(11-37-21(17)30)36-8-6-12-3-2-7-25-9-12/h2-3,6-10,13-14,17,21H,1,4-5,11H2,(H,27,31)(H,33,34)(H2,24,28,29)/t13?,14?,17?,21-/m0/s1. The molecule has 38 heavy (non-hydrogen) atoms. The van der Waals surface area contributed by atoms with Crippen molar-refractivity contribution in [1.29, 1.82) is 0 Å². The Bertz CT molecular complexity index is 1320. The minimum atomic E-state index is -1.19. The van der Waals surface area contributed by atoms with Crippen LogP contribution in [0.4, 0.5) is 5.13 Å². The van der Waals surface area contributed by atoms with E-state index in [2.05, 4.69) is 24.8 Å². The van der Waals surface area contributed by atoms with Gasteiger partial charge in [0.15, 0.2) is 11.0 Å². The summed E-state index contributed by atoms with van der Waals surface area (Å²) in [6, 6.07) is 2.83. The van der Waals surface area contributed by atoms with E-state index >= 15 is 0 Å². The molecule has 0 bridgehead atoms. The van der Waals surface area contributed by atoms with Gasteiger partial charge in [-0.15, -0.1) is 11.8 Å². The van der Waals surface area contributed by atoms with Crippen molar-refractivity contribution in [2.75, 3.05) is 11.5 Å². The maximum atomic E-state index is 12.8. The van der Waals surface area contributed by atoms with Crippen LogP contribution in [0.1, 0.15) is 36.6 Å². The summed E-state index contributed by atoms with van der Waals surface area (Å²) in [5.74, 6) is -1.31. The number of carboxylic acid groups (broad SMARTS) is 1. The van der Waals surface area contributed by atoms with E-state index in [0.717, 1.165) is 42.6 Å². The number of aliphatic carboxylic acids is 1. The van der Waals surface area contributed by atoms with E-state index in [4.69, 9.17) is 10.6 Å². The molecule has 2 amide bonds. The lowest BCUT2D eigenvalue weighted by Gasteiger charge is -2.49. The highest BCUT2D eigenvalue weighted by Crippen LogP contribution is 2.43. The minimum absolute atomic E-state index is 0.0448. The summed E-state index contributed by atoms with van der Waals surface area (Å²) >= 11 is 3.76. The molecule has 1 saturated carbocycles. The van der Waals surface area contributed by atoms with E-state index in [-0.39, 0.29) is 17.7 Å². The second-order valence-corrected chi connectivity index (χ2v) is 11.5. The number of carboxylic acids is 1. The van der Waals surface area contributed by atoms with Crippen LogP contribution in [0.25, 0.3) is 6.08 Å². The van der Waals surface area contributed by atoms with Crippen LogP contribution >= 0.6 is 35.1 Å². The fourth-order valence-corrected chi connectivity index (χ4v) is 7.30. The Morgan fingerprint density at radius 2 is 2.24 bits per heavy atom. The average Bonchev–Trinajstić information content (AvgIpc) is 3.56. The van der Waals surface area contributed by atoms with Gasteiger partial charge < -0.3 is 21.0 Å². The second kappa shape index (κ2) is 11.5. The number of aromatic nitrogens is 3. The van der Waals surface area contributed by atoms with Gasteiger partial charge in [-0.1, -0.05) is 23.0 Å². The lowest BCUT2D eigenvalue weighted by Crippen LogP contribution is -2.70. The number of fused-ring (bicyclic) bond motifs is 1. The summed E-state index contributed by atoms with van der Waals surface area (Å²) in [5.41, 5.74) is 6.49. The SMILES string of the molecule is Nc1nc(C2CCCC2ON=CC(=O)NC2C(=O)N3C(C(=O)O)=C(SC=Cc4cccnc4)CS[C@@H]23)ns1. The Kier molecular flexibility index (Phi) is 7.95. The molecule has 0 aromatic carbocycles. The molecule has 2 fully saturated rings. The number of carbonyl (C=O) groups excluding carboxylic acids is 2. The first kappa shape index (κ1) is 26.2. The van der Waals surface area contributed by atoms with Crippen LogP contribution in [0, 0.1) is 0 Å². The number of pyridine rings is 1. The Morgan fingerprint density at radius 3 is 2.97 bits per heavy atom. The summed E-state index contributed by atoms with van der Waals surface area (Å²) in [7, 11) is 0. The quantitative estimate of drug-likeness (QED) is 0.228. The zero-order valence-corrected chi connectivity index (χ0v) is 22.2. The van der Waals surface area contributed by atoms with Crippen molar-refractivity contribution in [2.45, 2.75) is 42.7 Å². The number of oxime groups is 1. The number of rotatable bonds is 9. The first-order chi connectivity index (χ1) is 18.4. The molecule has 5 rings (SSSR count). The average molecular weight is 574 g/mol. The van der Waals surface area contributed by atoms with E-state index < -0.39 is 29.2 Å². The lowest BCUT2D eigenvalue weighted by molar-refractivity contribution is -0.150. The van der Waals surface area contributed by atoms with Crippen LogP contribution in [-0.4, -0.2) is 71.6 Å². The third kappa shape index (κ3) is 5.54. The van der Waals surface area contributed by atoms with E-state index in [0.29, 0.717) is 21.6 Å². The first-order valence-electron chi connectivity index (χ1n) is 11.7. The molecule has 0 spiro atoms. The molecule has 12 nitrogen and oxygen atoms in total. The van der Waals surface area contributed by atoms with Gasteiger partial charge in [0.25, 0.3) is 11.8 Å². The third-order valence-corrected chi connectivity index (χ3v) is 9.11. The van der Waals surface area contributed by atoms with Gasteiger partial charge >= 0.3 is 5.97 Å². The van der Waals surface area contributed by atoms with Gasteiger partial charge in [-0.05, 0) is 42.4 Å². The Morgan fingerprint density at radius 1 is 1.37 bits per heavy atom. The molecular weight excluding hydrogens is 550 g/mol. The Balaban J connectivity index is 1.17. The number of β-lactam (4-membered cyclic amide) rings is 1. The van der Waals surface area contributed by atoms with Crippen molar-refractivity contribution in [3.63, 3.8) is 0 Å². The minimum Gasteiger partial charge on any atom is -0.477 e. The molecule has 198 valence electrons. The Labute approximate surface area is 230 Å². The highest BCUT2D eigenvalue weighted by molar-refractivity contribution is 8.08. The number of anilines is 1. The maximum Gasteiger partial charge on any atom is 0.353 e. The smallest absolute Gasteiger partial charge is 0.353 e. The summed E-state index contributed by atoms with van der Waals surface area (Å²) in [5, 5.41) is 17.9. The molecule has 4 atom stereocenters. The highest BCUT2D eigenvalue weighted by Gasteiger charge is 2.54. The summed E-state index contributed by atoms with van der Waals surface area (Å²) in [6.07, 6.45) is 8.40. The summed E-state index contributed by atoms with van der Waals surface area (Å²) in [6.45, 7) is 0. The zero-order chi connectivity index (χ0) is 26.6. The topological polar surface area (TPSA) is 173 Å². The number of nitrogens with one attached hydrogen (secondary N) is 1. The van der Waals surface area contributed by atoms with Crippen LogP contribution in [-0.2, 0) is 19.2 Å².